The molecule has 1 rings (SSSR count). The average molecular weight is 264 g/mol. The number of aliphatic hydroxyl groups excluding tert-OH is 2. The van der Waals surface area contributed by atoms with Gasteiger partial charge in [0, 0.05) is 16.6 Å². The predicted octanol–water partition coefficient (Wildman–Crippen LogP) is 1.48. The lowest BCUT2D eigenvalue weighted by atomic mass is 10.1. The molecule has 0 aliphatic carbocycles. The third-order valence-corrected chi connectivity index (χ3v) is 2.76. The molecule has 0 radical (unpaired) electrons. The Bertz CT molecular complexity index is 334. The Labute approximate surface area is 105 Å². The minimum absolute atomic E-state index is 0.227. The van der Waals surface area contributed by atoms with Gasteiger partial charge < -0.3 is 15.5 Å². The van der Waals surface area contributed by atoms with Crippen LogP contribution in [0.15, 0.2) is 18.2 Å². The second-order valence-corrected chi connectivity index (χ2v) is 4.37. The molecule has 1 atom stereocenters. The maximum absolute atomic E-state index is 9.09. The molecule has 0 fully saturated rings. The summed E-state index contributed by atoms with van der Waals surface area (Å²) in [6.07, 6.45) is 0.0504. The van der Waals surface area contributed by atoms with E-state index in [9.17, 15) is 0 Å². The standard InChI is InChI=1S/C11H15Cl2NO2/c12-9-2-1-8(11(13)5-9)3-4-14-6-10(16)7-15/h1-2,5,10,14-16H,3-4,6-7H2/t10-/m1/s1. The van der Waals surface area contributed by atoms with E-state index in [1.165, 1.54) is 0 Å². The minimum atomic E-state index is -0.708. The van der Waals surface area contributed by atoms with Crippen molar-refractivity contribution in [3.63, 3.8) is 0 Å². The van der Waals surface area contributed by atoms with E-state index in [1.807, 2.05) is 6.07 Å². The lowest BCUT2D eigenvalue weighted by Gasteiger charge is -2.09. The van der Waals surface area contributed by atoms with Crippen LogP contribution in [0.3, 0.4) is 0 Å². The van der Waals surface area contributed by atoms with Crippen LogP contribution in [0.4, 0.5) is 0 Å². The van der Waals surface area contributed by atoms with Crippen molar-refractivity contribution in [1.29, 1.82) is 0 Å². The Morgan fingerprint density at radius 3 is 2.69 bits per heavy atom. The van der Waals surface area contributed by atoms with E-state index in [-0.39, 0.29) is 6.61 Å². The van der Waals surface area contributed by atoms with Gasteiger partial charge in [0.2, 0.25) is 0 Å². The Morgan fingerprint density at radius 1 is 1.31 bits per heavy atom. The molecule has 0 bridgehead atoms. The molecule has 0 unspecified atom stereocenters. The summed E-state index contributed by atoms with van der Waals surface area (Å²) >= 11 is 11.8. The maximum atomic E-state index is 9.09. The highest BCUT2D eigenvalue weighted by Gasteiger charge is 2.03. The SMILES string of the molecule is OC[C@H](O)CNCCc1ccc(Cl)cc1Cl. The first kappa shape index (κ1) is 13.7. The Morgan fingerprint density at radius 2 is 2.06 bits per heavy atom. The molecule has 90 valence electrons. The van der Waals surface area contributed by atoms with Crippen molar-refractivity contribution in [2.24, 2.45) is 0 Å². The molecule has 0 aromatic heterocycles. The van der Waals surface area contributed by atoms with Crippen LogP contribution in [0.25, 0.3) is 0 Å². The van der Waals surface area contributed by atoms with Crippen molar-refractivity contribution in [2.75, 3.05) is 19.7 Å². The number of rotatable bonds is 6. The highest BCUT2D eigenvalue weighted by molar-refractivity contribution is 6.35. The summed E-state index contributed by atoms with van der Waals surface area (Å²) in [6, 6.07) is 5.39. The smallest absolute Gasteiger partial charge is 0.0894 e. The van der Waals surface area contributed by atoms with Crippen molar-refractivity contribution in [1.82, 2.24) is 5.32 Å². The van der Waals surface area contributed by atoms with Crippen LogP contribution in [0.5, 0.6) is 0 Å². The van der Waals surface area contributed by atoms with Crippen LogP contribution < -0.4 is 5.32 Å². The van der Waals surface area contributed by atoms with Crippen LogP contribution in [0.2, 0.25) is 10.0 Å². The van der Waals surface area contributed by atoms with E-state index < -0.39 is 6.10 Å². The highest BCUT2D eigenvalue weighted by atomic mass is 35.5. The van der Waals surface area contributed by atoms with Crippen LogP contribution in [-0.4, -0.2) is 36.0 Å². The lowest BCUT2D eigenvalue weighted by Crippen LogP contribution is -2.30. The lowest BCUT2D eigenvalue weighted by molar-refractivity contribution is 0.0947. The number of nitrogens with one attached hydrogen (secondary N) is 1. The number of aliphatic hydroxyl groups is 2. The number of hydrogen-bond acceptors (Lipinski definition) is 3. The topological polar surface area (TPSA) is 52.5 Å². The van der Waals surface area contributed by atoms with Gasteiger partial charge in [0.25, 0.3) is 0 Å². The van der Waals surface area contributed by atoms with Gasteiger partial charge in [-0.15, -0.1) is 0 Å². The molecule has 5 heteroatoms. The molecule has 0 aliphatic heterocycles. The Kier molecular flexibility index (Phi) is 6.09. The molecule has 0 spiro atoms. The molecular formula is C11H15Cl2NO2. The molecule has 0 saturated carbocycles. The fourth-order valence-corrected chi connectivity index (χ4v) is 1.78. The van der Waals surface area contributed by atoms with E-state index in [0.717, 1.165) is 12.0 Å². The van der Waals surface area contributed by atoms with E-state index in [4.69, 9.17) is 33.4 Å². The summed E-state index contributed by atoms with van der Waals surface area (Å²) in [6.45, 7) is 0.842. The van der Waals surface area contributed by atoms with Crippen LogP contribution >= 0.6 is 23.2 Å². The maximum Gasteiger partial charge on any atom is 0.0894 e. The van der Waals surface area contributed by atoms with Gasteiger partial charge >= 0.3 is 0 Å². The van der Waals surface area contributed by atoms with Gasteiger partial charge in [0.05, 0.1) is 12.7 Å². The molecule has 3 N–H and O–H groups in total. The van der Waals surface area contributed by atoms with Gasteiger partial charge in [-0.1, -0.05) is 29.3 Å². The number of benzene rings is 1. The van der Waals surface area contributed by atoms with Crippen molar-refractivity contribution in [2.45, 2.75) is 12.5 Å². The van der Waals surface area contributed by atoms with E-state index in [2.05, 4.69) is 5.32 Å². The summed E-state index contributed by atoms with van der Waals surface area (Å²) in [5.41, 5.74) is 1.01. The molecule has 0 heterocycles. The van der Waals surface area contributed by atoms with E-state index >= 15 is 0 Å². The summed E-state index contributed by atoms with van der Waals surface area (Å²) in [4.78, 5) is 0. The first-order chi connectivity index (χ1) is 7.63. The molecule has 1 aromatic rings. The molecule has 3 nitrogen and oxygen atoms in total. The third-order valence-electron chi connectivity index (χ3n) is 2.18. The van der Waals surface area contributed by atoms with Gasteiger partial charge in [0.15, 0.2) is 0 Å². The van der Waals surface area contributed by atoms with Crippen LogP contribution in [0, 0.1) is 0 Å². The van der Waals surface area contributed by atoms with Gasteiger partial charge in [-0.05, 0) is 30.7 Å². The largest absolute Gasteiger partial charge is 0.394 e. The highest BCUT2D eigenvalue weighted by Crippen LogP contribution is 2.20. The molecule has 1 aromatic carbocycles. The second kappa shape index (κ2) is 7.09. The summed E-state index contributed by atoms with van der Waals surface area (Å²) in [5.74, 6) is 0. The summed E-state index contributed by atoms with van der Waals surface area (Å²) < 4.78 is 0. The Hall–Kier alpha value is -0.320. The van der Waals surface area contributed by atoms with Crippen molar-refractivity contribution in [3.8, 4) is 0 Å². The average Bonchev–Trinajstić information content (AvgIpc) is 2.26. The minimum Gasteiger partial charge on any atom is -0.394 e. The molecule has 16 heavy (non-hydrogen) atoms. The monoisotopic (exact) mass is 263 g/mol. The number of hydrogen-bond donors (Lipinski definition) is 3. The molecular weight excluding hydrogens is 249 g/mol. The first-order valence-electron chi connectivity index (χ1n) is 5.07. The second-order valence-electron chi connectivity index (χ2n) is 3.53. The fraction of sp³-hybridized carbons (Fsp3) is 0.455. The quantitative estimate of drug-likeness (QED) is 0.682. The van der Waals surface area contributed by atoms with Crippen LogP contribution in [-0.2, 0) is 6.42 Å². The van der Waals surface area contributed by atoms with Crippen LogP contribution in [0.1, 0.15) is 5.56 Å². The van der Waals surface area contributed by atoms with E-state index in [1.54, 1.807) is 12.1 Å². The van der Waals surface area contributed by atoms with Crippen molar-refractivity contribution < 1.29 is 10.2 Å². The van der Waals surface area contributed by atoms with Gasteiger partial charge in [-0.3, -0.25) is 0 Å². The zero-order valence-corrected chi connectivity index (χ0v) is 10.3. The first-order valence-corrected chi connectivity index (χ1v) is 5.82. The summed E-state index contributed by atoms with van der Waals surface area (Å²) in [5, 5.41) is 22.0. The van der Waals surface area contributed by atoms with Gasteiger partial charge in [-0.2, -0.15) is 0 Å². The zero-order valence-electron chi connectivity index (χ0n) is 8.79. The predicted molar refractivity (Wildman–Crippen MR) is 66.1 cm³/mol. The van der Waals surface area contributed by atoms with Gasteiger partial charge in [-0.25, -0.2) is 0 Å². The third kappa shape index (κ3) is 4.68. The van der Waals surface area contributed by atoms with E-state index in [0.29, 0.717) is 23.1 Å². The Balaban J connectivity index is 2.32. The molecule has 0 aliphatic rings. The van der Waals surface area contributed by atoms with Crippen molar-refractivity contribution >= 4 is 23.2 Å². The normalized spacial score (nSPS) is 12.8. The molecule has 0 amide bonds. The zero-order chi connectivity index (χ0) is 12.0. The van der Waals surface area contributed by atoms with Gasteiger partial charge in [0.1, 0.15) is 0 Å². The fourth-order valence-electron chi connectivity index (χ4n) is 1.28. The van der Waals surface area contributed by atoms with Crippen molar-refractivity contribution in [3.05, 3.63) is 33.8 Å². The summed E-state index contributed by atoms with van der Waals surface area (Å²) in [7, 11) is 0. The molecule has 0 saturated heterocycles. The number of halogens is 2.